The average molecular weight is 912 g/mol. The molecule has 0 amide bonds. The van der Waals surface area contributed by atoms with E-state index in [9.17, 15) is 30.8 Å². The van der Waals surface area contributed by atoms with Crippen molar-refractivity contribution in [2.24, 2.45) is 11.8 Å². The standard InChI is InChI=1S/C27H19F4I3O5S/c28-26(29,27(30,31)40(36,37)38)10-9-18-21-14-5-1-3-7-16(14)22(17-8-4-2-6-15(17)21)23(18)25(35)39-24-19(33)11-13(32)12-20(24)34/h1-8,11-12,18,21-23H,9-10H2,(H,36,37,38). The molecule has 13 heteroatoms. The van der Waals surface area contributed by atoms with Crippen molar-refractivity contribution in [2.75, 3.05) is 0 Å². The number of alkyl halides is 4. The third-order valence-electron chi connectivity index (χ3n) is 7.56. The highest BCUT2D eigenvalue weighted by Gasteiger charge is 2.65. The Morgan fingerprint density at radius 2 is 1.30 bits per heavy atom. The zero-order chi connectivity index (χ0) is 29.2. The predicted octanol–water partition coefficient (Wildman–Crippen LogP) is 7.83. The molecule has 0 spiro atoms. The van der Waals surface area contributed by atoms with E-state index in [4.69, 9.17) is 9.29 Å². The van der Waals surface area contributed by atoms with Crippen molar-refractivity contribution < 1.29 is 40.1 Å². The van der Waals surface area contributed by atoms with Gasteiger partial charge in [0.15, 0.2) is 5.75 Å². The summed E-state index contributed by atoms with van der Waals surface area (Å²) in [4.78, 5) is 14.0. The molecule has 40 heavy (non-hydrogen) atoms. The Kier molecular flexibility index (Phi) is 8.29. The van der Waals surface area contributed by atoms with Gasteiger partial charge in [0.1, 0.15) is 0 Å². The first-order valence-electron chi connectivity index (χ1n) is 11.9. The molecule has 3 aliphatic carbocycles. The molecule has 2 atom stereocenters. The van der Waals surface area contributed by atoms with Gasteiger partial charge in [-0.05, 0) is 114 Å². The van der Waals surface area contributed by atoms with Crippen molar-refractivity contribution in [1.29, 1.82) is 0 Å². The number of benzene rings is 3. The zero-order valence-corrected chi connectivity index (χ0v) is 27.4. The zero-order valence-electron chi connectivity index (χ0n) is 20.1. The van der Waals surface area contributed by atoms with Gasteiger partial charge in [-0.15, -0.1) is 0 Å². The summed E-state index contributed by atoms with van der Waals surface area (Å²) in [7, 11) is -6.38. The van der Waals surface area contributed by atoms with Gasteiger partial charge in [0.25, 0.3) is 0 Å². The maximum absolute atomic E-state index is 14.7. The van der Waals surface area contributed by atoms with Gasteiger partial charge in [0.05, 0.1) is 13.1 Å². The molecule has 0 aromatic heterocycles. The van der Waals surface area contributed by atoms with Crippen molar-refractivity contribution in [1.82, 2.24) is 0 Å². The van der Waals surface area contributed by atoms with Crippen LogP contribution in [-0.4, -0.2) is 30.1 Å². The molecule has 5 nitrogen and oxygen atoms in total. The summed E-state index contributed by atoms with van der Waals surface area (Å²) in [5.74, 6) is -8.57. The maximum atomic E-state index is 14.7. The second-order valence-electron chi connectivity index (χ2n) is 9.76. The summed E-state index contributed by atoms with van der Waals surface area (Å²) < 4.78 is 96.8. The molecule has 3 aromatic carbocycles. The molecule has 6 rings (SSSR count). The number of esters is 1. The summed E-state index contributed by atoms with van der Waals surface area (Å²) in [6, 6.07) is 18.2. The minimum atomic E-state index is -6.38. The van der Waals surface area contributed by atoms with Gasteiger partial charge < -0.3 is 4.74 Å². The lowest BCUT2D eigenvalue weighted by Gasteiger charge is -2.50. The summed E-state index contributed by atoms with van der Waals surface area (Å²) in [6.07, 6.45) is -2.19. The van der Waals surface area contributed by atoms with Crippen molar-refractivity contribution in [3.63, 3.8) is 0 Å². The van der Waals surface area contributed by atoms with Gasteiger partial charge in [0.2, 0.25) is 0 Å². The Balaban J connectivity index is 1.60. The molecule has 1 N–H and O–H groups in total. The molecule has 0 saturated heterocycles. The fourth-order valence-corrected chi connectivity index (χ4v) is 10.2. The van der Waals surface area contributed by atoms with E-state index >= 15 is 0 Å². The highest BCUT2D eigenvalue weighted by atomic mass is 127. The summed E-state index contributed by atoms with van der Waals surface area (Å²) in [5.41, 5.74) is 3.24. The Morgan fingerprint density at radius 3 is 1.75 bits per heavy atom. The van der Waals surface area contributed by atoms with E-state index in [-0.39, 0.29) is 0 Å². The first kappa shape index (κ1) is 30.4. The van der Waals surface area contributed by atoms with Gasteiger partial charge in [-0.3, -0.25) is 9.35 Å². The molecule has 0 saturated carbocycles. The molecule has 0 heterocycles. The van der Waals surface area contributed by atoms with Crippen LogP contribution in [0.15, 0.2) is 60.7 Å². The number of hydrogen-bond donors (Lipinski definition) is 1. The predicted molar refractivity (Wildman–Crippen MR) is 164 cm³/mol. The SMILES string of the molecule is O=C(Oc1c(I)cc(I)cc1I)C1C2c3ccccc3C(c3ccccc32)C1CCC(F)(F)C(F)(F)S(=O)(=O)O. The van der Waals surface area contributed by atoms with E-state index in [1.165, 1.54) is 0 Å². The van der Waals surface area contributed by atoms with E-state index < -0.39 is 63.8 Å². The number of rotatable bonds is 7. The van der Waals surface area contributed by atoms with Gasteiger partial charge in [-0.2, -0.15) is 26.0 Å². The molecule has 0 radical (unpaired) electrons. The van der Waals surface area contributed by atoms with Crippen molar-refractivity contribution in [3.8, 4) is 5.75 Å². The minimum absolute atomic E-state index is 0.316. The van der Waals surface area contributed by atoms with E-state index in [1.54, 1.807) is 12.1 Å². The largest absolute Gasteiger partial charge is 0.431 e. The fourth-order valence-electron chi connectivity index (χ4n) is 5.93. The average Bonchev–Trinajstić information content (AvgIpc) is 2.88. The number of halogens is 7. The lowest BCUT2D eigenvalue weighted by atomic mass is 9.53. The van der Waals surface area contributed by atoms with Crippen LogP contribution in [0, 0.1) is 22.5 Å². The smallest absolute Gasteiger partial charge is 0.424 e. The summed E-state index contributed by atoms with van der Waals surface area (Å²) in [5, 5.41) is -5.69. The van der Waals surface area contributed by atoms with Gasteiger partial charge in [0, 0.05) is 21.8 Å². The van der Waals surface area contributed by atoms with Crippen molar-refractivity contribution in [2.45, 2.75) is 35.9 Å². The van der Waals surface area contributed by atoms with Crippen LogP contribution in [0.1, 0.15) is 46.9 Å². The lowest BCUT2D eigenvalue weighted by molar-refractivity contribution is -0.168. The molecular weight excluding hydrogens is 893 g/mol. The van der Waals surface area contributed by atoms with E-state index in [0.717, 1.165) is 25.8 Å². The van der Waals surface area contributed by atoms with Crippen LogP contribution in [-0.2, 0) is 14.9 Å². The highest BCUT2D eigenvalue weighted by molar-refractivity contribution is 14.1. The number of carbonyl (C=O) groups is 1. The summed E-state index contributed by atoms with van der Waals surface area (Å²) >= 11 is 6.21. The Hall–Kier alpha value is -1.05. The molecule has 0 fully saturated rings. The normalized spacial score (nSPS) is 22.0. The van der Waals surface area contributed by atoms with Crippen LogP contribution in [0.3, 0.4) is 0 Å². The molecule has 2 bridgehead atoms. The van der Waals surface area contributed by atoms with E-state index in [1.807, 2.05) is 93.7 Å². The Bertz CT molecular complexity index is 1540. The lowest BCUT2D eigenvalue weighted by Crippen LogP contribution is -2.49. The monoisotopic (exact) mass is 912 g/mol. The first-order chi connectivity index (χ1) is 18.7. The van der Waals surface area contributed by atoms with E-state index in [0.29, 0.717) is 12.9 Å². The Labute approximate surface area is 268 Å². The number of fused-ring (bicyclic) bond motifs is 1. The number of hydrogen-bond acceptors (Lipinski definition) is 4. The van der Waals surface area contributed by atoms with Gasteiger partial charge in [-0.25, -0.2) is 0 Å². The third kappa shape index (κ3) is 5.08. The van der Waals surface area contributed by atoms with Crippen LogP contribution in [0.25, 0.3) is 0 Å². The number of carbonyl (C=O) groups excluding carboxylic acids is 1. The number of ether oxygens (including phenoxy) is 1. The quantitative estimate of drug-likeness (QED) is 0.0861. The second kappa shape index (κ2) is 10.9. The van der Waals surface area contributed by atoms with Crippen LogP contribution in [0.5, 0.6) is 5.75 Å². The third-order valence-corrected chi connectivity index (χ3v) is 10.7. The topological polar surface area (TPSA) is 80.7 Å². The maximum Gasteiger partial charge on any atom is 0.431 e. The van der Waals surface area contributed by atoms with Crippen molar-refractivity contribution in [3.05, 3.63) is 93.6 Å². The first-order valence-corrected chi connectivity index (χ1v) is 16.6. The molecule has 3 aliphatic rings. The van der Waals surface area contributed by atoms with Crippen molar-refractivity contribution >= 4 is 83.9 Å². The second-order valence-corrected chi connectivity index (χ2v) is 14.8. The Morgan fingerprint density at radius 1 is 0.850 bits per heavy atom. The molecule has 212 valence electrons. The molecule has 3 aromatic rings. The van der Waals surface area contributed by atoms with Crippen LogP contribution in [0.4, 0.5) is 17.6 Å². The van der Waals surface area contributed by atoms with Crippen LogP contribution >= 0.6 is 67.8 Å². The van der Waals surface area contributed by atoms with E-state index in [2.05, 4.69) is 22.6 Å². The highest BCUT2D eigenvalue weighted by Crippen LogP contribution is 2.60. The fraction of sp³-hybridized carbons (Fsp3) is 0.296. The molecule has 2 unspecified atom stereocenters. The van der Waals surface area contributed by atoms with Crippen LogP contribution in [0.2, 0.25) is 0 Å². The molecular formula is C27H19F4I3O5S. The minimum Gasteiger partial charge on any atom is -0.424 e. The van der Waals surface area contributed by atoms with Crippen LogP contribution < -0.4 is 4.74 Å². The van der Waals surface area contributed by atoms with Gasteiger partial charge >= 0.3 is 27.3 Å². The summed E-state index contributed by atoms with van der Waals surface area (Å²) in [6.45, 7) is 0. The molecule has 0 aliphatic heterocycles. The van der Waals surface area contributed by atoms with Gasteiger partial charge in [-0.1, -0.05) is 48.5 Å².